The summed E-state index contributed by atoms with van der Waals surface area (Å²) in [7, 11) is 0. The van der Waals surface area contributed by atoms with Crippen LogP contribution in [0.1, 0.15) is 20.8 Å². The Bertz CT molecular complexity index is 446. The first-order chi connectivity index (χ1) is 8.12. The summed E-state index contributed by atoms with van der Waals surface area (Å²) in [5, 5.41) is 2.03. The lowest BCUT2D eigenvalue weighted by Gasteiger charge is -2.25. The quantitative estimate of drug-likeness (QED) is 0.858. The van der Waals surface area contributed by atoms with Crippen molar-refractivity contribution in [1.29, 1.82) is 0 Å². The first-order valence-electron chi connectivity index (χ1n) is 5.34. The predicted molar refractivity (Wildman–Crippen MR) is 62.4 cm³/mol. The smallest absolute Gasteiger partial charge is 0.241 e. The summed E-state index contributed by atoms with van der Waals surface area (Å²) in [6, 6.07) is 0.0316. The van der Waals surface area contributed by atoms with E-state index in [1.54, 1.807) is 20.8 Å². The molecule has 1 aromatic carbocycles. The Morgan fingerprint density at radius 1 is 1.22 bits per heavy atom. The van der Waals surface area contributed by atoms with E-state index >= 15 is 0 Å². The molecule has 1 rings (SSSR count). The highest BCUT2D eigenvalue weighted by atomic mass is 19.1. The van der Waals surface area contributed by atoms with Gasteiger partial charge in [-0.1, -0.05) is 20.8 Å². The number of amides is 1. The van der Waals surface area contributed by atoms with Crippen LogP contribution in [0.5, 0.6) is 0 Å². The maximum Gasteiger partial charge on any atom is 0.241 e. The van der Waals surface area contributed by atoms with Gasteiger partial charge in [0, 0.05) is 12.1 Å². The van der Waals surface area contributed by atoms with Crippen LogP contribution in [-0.2, 0) is 4.79 Å². The zero-order chi connectivity index (χ0) is 14.1. The van der Waals surface area contributed by atoms with Crippen LogP contribution in [0.25, 0.3) is 0 Å². The van der Waals surface area contributed by atoms with E-state index in [-0.39, 0.29) is 0 Å². The summed E-state index contributed by atoms with van der Waals surface area (Å²) in [5.41, 5.74) is 4.39. The molecular weight excluding hydrogens is 245 g/mol. The highest BCUT2D eigenvalue weighted by molar-refractivity contribution is 5.95. The number of nitrogens with two attached hydrogens (primary N) is 1. The number of rotatable bonds is 2. The van der Waals surface area contributed by atoms with E-state index in [9.17, 15) is 18.0 Å². The Balaban J connectivity index is 2.96. The molecule has 0 saturated carbocycles. The summed E-state index contributed by atoms with van der Waals surface area (Å²) in [6.45, 7) is 5.15. The molecule has 1 unspecified atom stereocenters. The van der Waals surface area contributed by atoms with Crippen LogP contribution in [0.15, 0.2) is 12.1 Å². The van der Waals surface area contributed by atoms with Gasteiger partial charge in [0.15, 0.2) is 11.6 Å². The molecule has 18 heavy (non-hydrogen) atoms. The van der Waals surface area contributed by atoms with E-state index in [1.165, 1.54) is 0 Å². The topological polar surface area (TPSA) is 55.1 Å². The van der Waals surface area contributed by atoms with Gasteiger partial charge >= 0.3 is 0 Å². The summed E-state index contributed by atoms with van der Waals surface area (Å²) in [5.74, 6) is -4.14. The molecule has 0 spiro atoms. The lowest BCUT2D eigenvalue weighted by Crippen LogP contribution is -2.45. The van der Waals surface area contributed by atoms with Crippen molar-refractivity contribution >= 4 is 11.6 Å². The molecular formula is C12H15F3N2O. The number of halogens is 3. The van der Waals surface area contributed by atoms with E-state index < -0.39 is 40.5 Å². The molecule has 3 nitrogen and oxygen atoms in total. The Kier molecular flexibility index (Phi) is 4.01. The van der Waals surface area contributed by atoms with E-state index in [2.05, 4.69) is 0 Å². The van der Waals surface area contributed by atoms with Crippen LogP contribution in [0.2, 0.25) is 0 Å². The molecule has 1 amide bonds. The number of anilines is 1. The predicted octanol–water partition coefficient (Wildman–Crippen LogP) is 2.42. The van der Waals surface area contributed by atoms with Crippen molar-refractivity contribution in [2.24, 2.45) is 11.1 Å². The molecule has 0 saturated heterocycles. The molecule has 0 aliphatic carbocycles. The normalized spacial score (nSPS) is 13.3. The average molecular weight is 260 g/mol. The van der Waals surface area contributed by atoms with E-state index in [4.69, 9.17) is 5.73 Å². The average Bonchev–Trinajstić information content (AvgIpc) is 2.20. The van der Waals surface area contributed by atoms with Crippen molar-refractivity contribution in [3.63, 3.8) is 0 Å². The van der Waals surface area contributed by atoms with Gasteiger partial charge in [0.25, 0.3) is 0 Å². The Morgan fingerprint density at radius 2 is 1.67 bits per heavy atom. The molecule has 100 valence electrons. The number of hydrogen-bond donors (Lipinski definition) is 2. The zero-order valence-corrected chi connectivity index (χ0v) is 10.4. The Morgan fingerprint density at radius 3 is 2.06 bits per heavy atom. The second kappa shape index (κ2) is 4.97. The monoisotopic (exact) mass is 260 g/mol. The fraction of sp³-hybridized carbons (Fsp3) is 0.417. The SMILES string of the molecule is CC(C)(C)C(N)C(=O)Nc1c(F)cc(F)cc1F. The minimum Gasteiger partial charge on any atom is -0.320 e. The number of benzene rings is 1. The zero-order valence-electron chi connectivity index (χ0n) is 10.4. The fourth-order valence-corrected chi connectivity index (χ4v) is 1.26. The van der Waals surface area contributed by atoms with E-state index in [1.807, 2.05) is 5.32 Å². The van der Waals surface area contributed by atoms with Gasteiger partial charge in [-0.25, -0.2) is 13.2 Å². The second-order valence-corrected chi connectivity index (χ2v) is 5.08. The van der Waals surface area contributed by atoms with Crippen LogP contribution < -0.4 is 11.1 Å². The van der Waals surface area contributed by atoms with Gasteiger partial charge in [0.05, 0.1) is 6.04 Å². The van der Waals surface area contributed by atoms with Gasteiger partial charge in [0.1, 0.15) is 11.5 Å². The first-order valence-corrected chi connectivity index (χ1v) is 5.34. The maximum absolute atomic E-state index is 13.3. The number of nitrogens with one attached hydrogen (secondary N) is 1. The van der Waals surface area contributed by atoms with Crippen LogP contribution in [-0.4, -0.2) is 11.9 Å². The largest absolute Gasteiger partial charge is 0.320 e. The first kappa shape index (κ1) is 14.5. The molecule has 6 heteroatoms. The maximum atomic E-state index is 13.3. The van der Waals surface area contributed by atoms with Crippen molar-refractivity contribution in [3.8, 4) is 0 Å². The van der Waals surface area contributed by atoms with Gasteiger partial charge in [0.2, 0.25) is 5.91 Å². The van der Waals surface area contributed by atoms with Gasteiger partial charge < -0.3 is 11.1 Å². The summed E-state index contributed by atoms with van der Waals surface area (Å²) < 4.78 is 39.3. The molecule has 3 N–H and O–H groups in total. The van der Waals surface area contributed by atoms with Crippen molar-refractivity contribution in [1.82, 2.24) is 0 Å². The highest BCUT2D eigenvalue weighted by Crippen LogP contribution is 2.23. The third-order valence-electron chi connectivity index (χ3n) is 2.47. The van der Waals surface area contributed by atoms with E-state index in [0.717, 1.165) is 0 Å². The fourth-order valence-electron chi connectivity index (χ4n) is 1.26. The molecule has 1 aromatic rings. The number of carbonyl (C=O) groups excluding carboxylic acids is 1. The van der Waals surface area contributed by atoms with Crippen LogP contribution in [0, 0.1) is 22.9 Å². The van der Waals surface area contributed by atoms with Crippen molar-refractivity contribution in [2.45, 2.75) is 26.8 Å². The summed E-state index contributed by atoms with van der Waals surface area (Å²) in [4.78, 5) is 11.7. The van der Waals surface area contributed by atoms with E-state index in [0.29, 0.717) is 12.1 Å². The molecule has 1 atom stereocenters. The highest BCUT2D eigenvalue weighted by Gasteiger charge is 2.28. The van der Waals surface area contributed by atoms with Crippen LogP contribution in [0.4, 0.5) is 18.9 Å². The van der Waals surface area contributed by atoms with Crippen LogP contribution >= 0.6 is 0 Å². The molecule has 0 heterocycles. The van der Waals surface area contributed by atoms with Crippen molar-refractivity contribution in [3.05, 3.63) is 29.6 Å². The second-order valence-electron chi connectivity index (χ2n) is 5.08. The molecule has 0 bridgehead atoms. The van der Waals surface area contributed by atoms with Crippen LogP contribution in [0.3, 0.4) is 0 Å². The lowest BCUT2D eigenvalue weighted by molar-refractivity contribution is -0.119. The molecule has 0 fully saturated rings. The summed E-state index contributed by atoms with van der Waals surface area (Å²) in [6.07, 6.45) is 0. The van der Waals surface area contributed by atoms with Gasteiger partial charge in [-0.3, -0.25) is 4.79 Å². The molecule has 0 aliphatic rings. The minimum atomic E-state index is -1.18. The Hall–Kier alpha value is -1.56. The third-order valence-corrected chi connectivity index (χ3v) is 2.47. The standard InChI is InChI=1S/C12H15F3N2O/c1-12(2,3)10(16)11(18)17-9-7(14)4-6(13)5-8(9)15/h4-5,10H,16H2,1-3H3,(H,17,18). The minimum absolute atomic E-state index is 0.487. The number of carbonyl (C=O) groups is 1. The summed E-state index contributed by atoms with van der Waals surface area (Å²) >= 11 is 0. The van der Waals surface area contributed by atoms with Gasteiger partial charge in [-0.2, -0.15) is 0 Å². The Labute approximate surface area is 103 Å². The van der Waals surface area contributed by atoms with Gasteiger partial charge in [-0.15, -0.1) is 0 Å². The van der Waals surface area contributed by atoms with Crippen molar-refractivity contribution < 1.29 is 18.0 Å². The molecule has 0 radical (unpaired) electrons. The lowest BCUT2D eigenvalue weighted by atomic mass is 9.87. The molecule has 0 aliphatic heterocycles. The van der Waals surface area contributed by atoms with Crippen molar-refractivity contribution in [2.75, 3.05) is 5.32 Å². The van der Waals surface area contributed by atoms with Gasteiger partial charge in [-0.05, 0) is 5.41 Å². The number of hydrogen-bond acceptors (Lipinski definition) is 2. The third kappa shape index (κ3) is 3.22. The molecule has 0 aromatic heterocycles.